The van der Waals surface area contributed by atoms with Gasteiger partial charge in [0, 0.05) is 53.9 Å². The monoisotopic (exact) mass is 769 g/mol. The Morgan fingerprint density at radius 1 is 0.339 bits per heavy atom. The molecule has 0 saturated carbocycles. The van der Waals surface area contributed by atoms with Crippen LogP contribution in [0.15, 0.2) is 217 Å². The first-order valence-corrected chi connectivity index (χ1v) is 20.9. The van der Waals surface area contributed by atoms with Crippen molar-refractivity contribution >= 4 is 92.1 Å². The number of thiophene rings is 1. The second kappa shape index (κ2) is 13.6. The minimum atomic E-state index is 0.861. The number of benzene rings is 10. The van der Waals surface area contributed by atoms with Crippen molar-refractivity contribution in [3.63, 3.8) is 0 Å². The molecule has 3 heteroatoms. The zero-order valence-electron chi connectivity index (χ0n) is 32.0. The molecule has 0 unspecified atom stereocenters. The van der Waals surface area contributed by atoms with Gasteiger partial charge < -0.3 is 9.32 Å². The molecule has 0 aliphatic carbocycles. The van der Waals surface area contributed by atoms with E-state index in [9.17, 15) is 0 Å². The SMILES string of the molecule is c1ccc(-c2ccc(N(c3ccc4c(c3)oc3ccccc34)c3cccc(-c4cc5ccccc5c5ccccc45)c3-c3ccc4c(c3)sc3ccccc34)cc2)cc1. The Bertz CT molecular complexity index is 3560. The van der Waals surface area contributed by atoms with Gasteiger partial charge in [-0.1, -0.05) is 152 Å². The second-order valence-corrected chi connectivity index (χ2v) is 16.3. The summed E-state index contributed by atoms with van der Waals surface area (Å²) in [7, 11) is 0. The Labute approximate surface area is 345 Å². The molecule has 10 aromatic carbocycles. The Morgan fingerprint density at radius 3 is 1.83 bits per heavy atom. The van der Waals surface area contributed by atoms with Crippen molar-refractivity contribution in [2.24, 2.45) is 0 Å². The van der Waals surface area contributed by atoms with Crippen LogP contribution in [0.4, 0.5) is 17.1 Å². The third kappa shape index (κ3) is 5.55. The summed E-state index contributed by atoms with van der Waals surface area (Å²) in [4.78, 5) is 2.42. The van der Waals surface area contributed by atoms with Gasteiger partial charge in [-0.05, 0) is 104 Å². The van der Waals surface area contributed by atoms with Crippen molar-refractivity contribution in [2.45, 2.75) is 0 Å². The maximum Gasteiger partial charge on any atom is 0.137 e. The van der Waals surface area contributed by atoms with Crippen LogP contribution in [0, 0.1) is 0 Å². The van der Waals surface area contributed by atoms with Crippen LogP contribution in [0.1, 0.15) is 0 Å². The topological polar surface area (TPSA) is 16.4 Å². The molecule has 0 N–H and O–H groups in total. The van der Waals surface area contributed by atoms with Crippen molar-refractivity contribution in [1.82, 2.24) is 0 Å². The quantitative estimate of drug-likeness (QED) is 0.157. The molecule has 0 aliphatic heterocycles. The summed E-state index contributed by atoms with van der Waals surface area (Å²) in [6.07, 6.45) is 0. The van der Waals surface area contributed by atoms with E-state index in [4.69, 9.17) is 4.42 Å². The molecule has 0 fully saturated rings. The smallest absolute Gasteiger partial charge is 0.137 e. The third-order valence-corrected chi connectivity index (χ3v) is 13.0. The van der Waals surface area contributed by atoms with E-state index in [2.05, 4.69) is 211 Å². The fourth-order valence-electron chi connectivity index (χ4n) is 9.13. The van der Waals surface area contributed by atoms with Gasteiger partial charge in [0.1, 0.15) is 11.2 Å². The zero-order valence-corrected chi connectivity index (χ0v) is 32.8. The van der Waals surface area contributed by atoms with E-state index in [1.165, 1.54) is 75.1 Å². The lowest BCUT2D eigenvalue weighted by molar-refractivity contribution is 0.669. The van der Waals surface area contributed by atoms with Gasteiger partial charge in [0.05, 0.1) is 5.69 Å². The molecule has 2 aromatic heterocycles. The third-order valence-electron chi connectivity index (χ3n) is 11.9. The predicted octanol–water partition coefficient (Wildman–Crippen LogP) is 16.7. The molecule has 2 nitrogen and oxygen atoms in total. The summed E-state index contributed by atoms with van der Waals surface area (Å²) in [6, 6.07) is 77.2. The molecule has 0 atom stereocenters. The lowest BCUT2D eigenvalue weighted by atomic mass is 9.87. The van der Waals surface area contributed by atoms with Crippen LogP contribution in [0.25, 0.3) is 97.0 Å². The second-order valence-electron chi connectivity index (χ2n) is 15.2. The summed E-state index contributed by atoms with van der Waals surface area (Å²) in [5, 5.41) is 9.78. The van der Waals surface area contributed by atoms with Crippen LogP contribution in [-0.4, -0.2) is 0 Å². The number of nitrogens with zero attached hydrogens (tertiary/aromatic N) is 1. The summed E-state index contributed by atoms with van der Waals surface area (Å²) in [6.45, 7) is 0. The highest BCUT2D eigenvalue weighted by atomic mass is 32.1. The average molecular weight is 770 g/mol. The van der Waals surface area contributed by atoms with E-state index in [0.717, 1.165) is 39.0 Å². The fraction of sp³-hybridized carbons (Fsp3) is 0. The van der Waals surface area contributed by atoms with Crippen LogP contribution in [0.2, 0.25) is 0 Å². The van der Waals surface area contributed by atoms with Gasteiger partial charge in [-0.2, -0.15) is 0 Å². The first-order chi connectivity index (χ1) is 29.2. The first-order valence-electron chi connectivity index (χ1n) is 20.1. The lowest BCUT2D eigenvalue weighted by Crippen LogP contribution is -2.11. The maximum atomic E-state index is 6.54. The molecule has 12 rings (SSSR count). The van der Waals surface area contributed by atoms with Gasteiger partial charge in [0.15, 0.2) is 0 Å². The summed E-state index contributed by atoms with van der Waals surface area (Å²) in [5.41, 5.74) is 12.0. The van der Waals surface area contributed by atoms with Crippen LogP contribution < -0.4 is 4.90 Å². The van der Waals surface area contributed by atoms with E-state index in [1.54, 1.807) is 0 Å². The summed E-state index contributed by atoms with van der Waals surface area (Å²) in [5.74, 6) is 0. The highest BCUT2D eigenvalue weighted by molar-refractivity contribution is 7.25. The number of para-hydroxylation sites is 1. The van der Waals surface area contributed by atoms with E-state index in [1.807, 2.05) is 17.4 Å². The van der Waals surface area contributed by atoms with E-state index in [-0.39, 0.29) is 0 Å². The molecular formula is C56H35NOS. The van der Waals surface area contributed by atoms with Gasteiger partial charge in [0.2, 0.25) is 0 Å². The molecule has 0 saturated heterocycles. The molecule has 0 radical (unpaired) electrons. The van der Waals surface area contributed by atoms with Crippen molar-refractivity contribution in [3.8, 4) is 33.4 Å². The van der Waals surface area contributed by atoms with E-state index < -0.39 is 0 Å². The van der Waals surface area contributed by atoms with Crippen LogP contribution >= 0.6 is 11.3 Å². The zero-order chi connectivity index (χ0) is 38.9. The highest BCUT2D eigenvalue weighted by Gasteiger charge is 2.24. The van der Waals surface area contributed by atoms with Crippen LogP contribution in [-0.2, 0) is 0 Å². The Balaban J connectivity index is 1.16. The van der Waals surface area contributed by atoms with Gasteiger partial charge in [-0.25, -0.2) is 0 Å². The molecule has 59 heavy (non-hydrogen) atoms. The average Bonchev–Trinajstić information content (AvgIpc) is 3.87. The lowest BCUT2D eigenvalue weighted by Gasteiger charge is -2.29. The molecule has 0 aliphatic rings. The van der Waals surface area contributed by atoms with Gasteiger partial charge in [-0.3, -0.25) is 0 Å². The number of hydrogen-bond donors (Lipinski definition) is 0. The minimum Gasteiger partial charge on any atom is -0.456 e. The largest absolute Gasteiger partial charge is 0.456 e. The van der Waals surface area contributed by atoms with E-state index >= 15 is 0 Å². The Kier molecular flexibility index (Phi) is 7.75. The van der Waals surface area contributed by atoms with Crippen molar-refractivity contribution < 1.29 is 4.42 Å². The number of furan rings is 1. The fourth-order valence-corrected chi connectivity index (χ4v) is 10.3. The molecule has 2 heterocycles. The van der Waals surface area contributed by atoms with Crippen molar-refractivity contribution in [3.05, 3.63) is 212 Å². The summed E-state index contributed by atoms with van der Waals surface area (Å²) >= 11 is 1.86. The molecule has 0 amide bonds. The van der Waals surface area contributed by atoms with E-state index in [0.29, 0.717) is 0 Å². The number of rotatable bonds is 6. The first kappa shape index (κ1) is 33.7. The van der Waals surface area contributed by atoms with Gasteiger partial charge >= 0.3 is 0 Å². The maximum absolute atomic E-state index is 6.54. The molecule has 276 valence electrons. The Morgan fingerprint density at radius 2 is 0.966 bits per heavy atom. The normalized spacial score (nSPS) is 11.7. The van der Waals surface area contributed by atoms with Gasteiger partial charge in [0.25, 0.3) is 0 Å². The highest BCUT2D eigenvalue weighted by Crippen LogP contribution is 2.49. The van der Waals surface area contributed by atoms with Gasteiger partial charge in [-0.15, -0.1) is 11.3 Å². The number of fused-ring (bicyclic) bond motifs is 9. The molecule has 0 bridgehead atoms. The van der Waals surface area contributed by atoms with Crippen molar-refractivity contribution in [1.29, 1.82) is 0 Å². The Hall–Kier alpha value is -7.46. The minimum absolute atomic E-state index is 0.861. The van der Waals surface area contributed by atoms with Crippen molar-refractivity contribution in [2.75, 3.05) is 4.90 Å². The predicted molar refractivity (Wildman–Crippen MR) is 253 cm³/mol. The molecular weight excluding hydrogens is 735 g/mol. The summed E-state index contributed by atoms with van der Waals surface area (Å²) < 4.78 is 9.11. The number of anilines is 3. The standard InChI is InChI=1S/C56H35NOS/c1-2-13-36(14-3-1)37-25-28-40(29-26-37)57(41-30-32-46-45-19-8-10-23-52(45)58-53(46)35-41)51-22-12-21-49(50-33-38-15-4-5-16-42(38)43-17-6-7-18-44(43)50)56(51)39-27-31-48-47-20-9-11-24-54(47)59-55(48)34-39/h1-35H. The van der Waals surface area contributed by atoms with Crippen LogP contribution in [0.5, 0.6) is 0 Å². The van der Waals surface area contributed by atoms with Crippen LogP contribution in [0.3, 0.4) is 0 Å². The number of hydrogen-bond acceptors (Lipinski definition) is 3. The molecule has 0 spiro atoms. The molecule has 12 aromatic rings.